The van der Waals surface area contributed by atoms with E-state index in [9.17, 15) is 8.42 Å². The van der Waals surface area contributed by atoms with Crippen molar-refractivity contribution >= 4 is 37.3 Å². The Morgan fingerprint density at radius 2 is 2.17 bits per heavy atom. The molecular formula is C15H14N4O2S2. The third-order valence-corrected chi connectivity index (χ3v) is 5.97. The minimum Gasteiger partial charge on any atom is -0.312 e. The Kier molecular flexibility index (Phi) is 3.51. The van der Waals surface area contributed by atoms with Crippen molar-refractivity contribution in [2.45, 2.75) is 18.0 Å². The largest absolute Gasteiger partial charge is 0.312 e. The highest BCUT2D eigenvalue weighted by molar-refractivity contribution is 7.92. The lowest BCUT2D eigenvalue weighted by Crippen LogP contribution is -2.25. The summed E-state index contributed by atoms with van der Waals surface area (Å²) in [6.45, 7) is 1.60. The molecule has 4 rings (SSSR count). The SMILES string of the molecule is O=S(=O)(Nc1cccc2c1CCNC2)c1nccc2sncc12. The number of aromatic nitrogens is 2. The molecule has 0 radical (unpaired) electrons. The molecule has 23 heavy (non-hydrogen) atoms. The predicted molar refractivity (Wildman–Crippen MR) is 90.1 cm³/mol. The van der Waals surface area contributed by atoms with Crippen LogP contribution >= 0.6 is 11.5 Å². The zero-order valence-corrected chi connectivity index (χ0v) is 13.7. The van der Waals surface area contributed by atoms with Gasteiger partial charge in [-0.25, -0.2) is 4.98 Å². The molecule has 0 aliphatic carbocycles. The van der Waals surface area contributed by atoms with Gasteiger partial charge in [-0.05, 0) is 47.8 Å². The van der Waals surface area contributed by atoms with Gasteiger partial charge >= 0.3 is 0 Å². The van der Waals surface area contributed by atoms with E-state index >= 15 is 0 Å². The summed E-state index contributed by atoms with van der Waals surface area (Å²) in [6, 6.07) is 7.45. The van der Waals surface area contributed by atoms with Gasteiger partial charge in [0.2, 0.25) is 0 Å². The van der Waals surface area contributed by atoms with Gasteiger partial charge in [0, 0.05) is 12.7 Å². The third-order valence-electron chi connectivity index (χ3n) is 3.89. The Bertz CT molecular complexity index is 982. The summed E-state index contributed by atoms with van der Waals surface area (Å²) in [6.07, 6.45) is 3.84. The van der Waals surface area contributed by atoms with Crippen LogP contribution in [0.5, 0.6) is 0 Å². The lowest BCUT2D eigenvalue weighted by Gasteiger charge is -2.20. The molecule has 1 aromatic carbocycles. The standard InChI is InChI=1S/C15H14N4O2S2/c20-23(21,15-12-9-18-22-14(12)5-7-17-15)19-13-3-1-2-10-8-16-6-4-11(10)13/h1-3,5,7,9,16,19H,4,6,8H2. The van der Waals surface area contributed by atoms with Crippen molar-refractivity contribution in [1.29, 1.82) is 0 Å². The van der Waals surface area contributed by atoms with Crippen molar-refractivity contribution in [3.8, 4) is 0 Å². The molecule has 1 aliphatic rings. The number of sulfonamides is 1. The topological polar surface area (TPSA) is 84.0 Å². The van der Waals surface area contributed by atoms with Crippen LogP contribution in [0.25, 0.3) is 10.1 Å². The first-order chi connectivity index (χ1) is 11.1. The monoisotopic (exact) mass is 346 g/mol. The highest BCUT2D eigenvalue weighted by atomic mass is 32.2. The zero-order chi connectivity index (χ0) is 15.9. The van der Waals surface area contributed by atoms with Gasteiger partial charge in [-0.15, -0.1) is 0 Å². The van der Waals surface area contributed by atoms with Gasteiger partial charge in [-0.3, -0.25) is 4.72 Å². The normalized spacial score (nSPS) is 14.6. The van der Waals surface area contributed by atoms with Crippen LogP contribution in [0, 0.1) is 0 Å². The van der Waals surface area contributed by atoms with Gasteiger partial charge in [0.25, 0.3) is 10.0 Å². The van der Waals surface area contributed by atoms with E-state index in [1.807, 2.05) is 12.1 Å². The fourth-order valence-corrected chi connectivity index (χ4v) is 4.74. The van der Waals surface area contributed by atoms with Crippen molar-refractivity contribution in [2.24, 2.45) is 0 Å². The second-order valence-electron chi connectivity index (χ2n) is 5.33. The van der Waals surface area contributed by atoms with Crippen LogP contribution < -0.4 is 10.0 Å². The predicted octanol–water partition coefficient (Wildman–Crippen LogP) is 2.14. The van der Waals surface area contributed by atoms with E-state index in [2.05, 4.69) is 19.4 Å². The number of nitrogens with one attached hydrogen (secondary N) is 2. The Balaban J connectivity index is 1.78. The van der Waals surface area contributed by atoms with Crippen LogP contribution in [0.1, 0.15) is 11.1 Å². The molecule has 6 nitrogen and oxygen atoms in total. The molecular weight excluding hydrogens is 332 g/mol. The molecule has 0 unspecified atom stereocenters. The number of pyridine rings is 1. The van der Waals surface area contributed by atoms with Gasteiger partial charge in [0.1, 0.15) is 0 Å². The highest BCUT2D eigenvalue weighted by Gasteiger charge is 2.22. The fourth-order valence-electron chi connectivity index (χ4n) is 2.81. The maximum atomic E-state index is 12.8. The summed E-state index contributed by atoms with van der Waals surface area (Å²) < 4.78 is 33.1. The van der Waals surface area contributed by atoms with Crippen LogP contribution in [-0.2, 0) is 23.0 Å². The maximum Gasteiger partial charge on any atom is 0.280 e. The van der Waals surface area contributed by atoms with Gasteiger partial charge in [-0.2, -0.15) is 12.8 Å². The summed E-state index contributed by atoms with van der Waals surface area (Å²) in [5, 5.41) is 3.86. The van der Waals surface area contributed by atoms with E-state index in [-0.39, 0.29) is 5.03 Å². The molecule has 0 atom stereocenters. The van der Waals surface area contributed by atoms with Crippen molar-refractivity contribution in [3.05, 3.63) is 47.8 Å². The van der Waals surface area contributed by atoms with E-state index in [1.165, 1.54) is 17.7 Å². The summed E-state index contributed by atoms with van der Waals surface area (Å²) in [5.74, 6) is 0. The highest BCUT2D eigenvalue weighted by Crippen LogP contribution is 2.28. The molecule has 118 valence electrons. The van der Waals surface area contributed by atoms with Gasteiger partial charge in [-0.1, -0.05) is 12.1 Å². The van der Waals surface area contributed by atoms with Crippen LogP contribution in [-0.4, -0.2) is 24.3 Å². The molecule has 0 fully saturated rings. The first kappa shape index (κ1) is 14.6. The van der Waals surface area contributed by atoms with Crippen molar-refractivity contribution in [1.82, 2.24) is 14.7 Å². The molecule has 0 saturated carbocycles. The van der Waals surface area contributed by atoms with E-state index < -0.39 is 10.0 Å². The minimum atomic E-state index is -3.76. The van der Waals surface area contributed by atoms with Crippen molar-refractivity contribution < 1.29 is 8.42 Å². The molecule has 0 amide bonds. The van der Waals surface area contributed by atoms with Gasteiger partial charge in [0.05, 0.1) is 22.0 Å². The van der Waals surface area contributed by atoms with E-state index in [0.29, 0.717) is 11.1 Å². The Morgan fingerprint density at radius 3 is 3.09 bits per heavy atom. The molecule has 0 spiro atoms. The number of hydrogen-bond donors (Lipinski definition) is 2. The third kappa shape index (κ3) is 2.58. The Morgan fingerprint density at radius 1 is 1.26 bits per heavy atom. The number of anilines is 1. The Labute approximate surface area is 137 Å². The van der Waals surface area contributed by atoms with E-state index in [4.69, 9.17) is 0 Å². The molecule has 1 aliphatic heterocycles. The van der Waals surface area contributed by atoms with Crippen molar-refractivity contribution in [3.63, 3.8) is 0 Å². The summed E-state index contributed by atoms with van der Waals surface area (Å²) in [5.41, 5.74) is 2.80. The lowest BCUT2D eigenvalue weighted by atomic mass is 9.99. The zero-order valence-electron chi connectivity index (χ0n) is 12.1. The van der Waals surface area contributed by atoms with Gasteiger partial charge in [0.15, 0.2) is 5.03 Å². The first-order valence-corrected chi connectivity index (χ1v) is 9.44. The lowest BCUT2D eigenvalue weighted by molar-refractivity contribution is 0.598. The summed E-state index contributed by atoms with van der Waals surface area (Å²) in [4.78, 5) is 4.06. The second-order valence-corrected chi connectivity index (χ2v) is 7.76. The number of fused-ring (bicyclic) bond motifs is 2. The number of nitrogens with zero attached hydrogens (tertiary/aromatic N) is 2. The average molecular weight is 346 g/mol. The molecule has 0 bridgehead atoms. The minimum absolute atomic E-state index is 0.0234. The molecule has 3 aromatic rings. The molecule has 2 N–H and O–H groups in total. The molecule has 2 aromatic heterocycles. The Hall–Kier alpha value is -2.03. The smallest absolute Gasteiger partial charge is 0.280 e. The first-order valence-electron chi connectivity index (χ1n) is 7.19. The summed E-state index contributed by atoms with van der Waals surface area (Å²) >= 11 is 1.26. The van der Waals surface area contributed by atoms with Crippen molar-refractivity contribution in [2.75, 3.05) is 11.3 Å². The van der Waals surface area contributed by atoms with E-state index in [0.717, 1.165) is 35.3 Å². The molecule has 8 heteroatoms. The quantitative estimate of drug-likeness (QED) is 0.759. The molecule has 3 heterocycles. The molecule has 0 saturated heterocycles. The van der Waals surface area contributed by atoms with Gasteiger partial charge < -0.3 is 5.32 Å². The van der Waals surface area contributed by atoms with E-state index in [1.54, 1.807) is 18.3 Å². The summed E-state index contributed by atoms with van der Waals surface area (Å²) in [7, 11) is -3.76. The van der Waals surface area contributed by atoms with Crippen LogP contribution in [0.4, 0.5) is 5.69 Å². The van der Waals surface area contributed by atoms with Crippen LogP contribution in [0.15, 0.2) is 41.7 Å². The number of hydrogen-bond acceptors (Lipinski definition) is 6. The van der Waals surface area contributed by atoms with Crippen LogP contribution in [0.2, 0.25) is 0 Å². The average Bonchev–Trinajstić information content (AvgIpc) is 3.03. The van der Waals surface area contributed by atoms with Crippen LogP contribution in [0.3, 0.4) is 0 Å². The maximum absolute atomic E-state index is 12.8. The fraction of sp³-hybridized carbons (Fsp3) is 0.200. The second kappa shape index (κ2) is 5.55. The number of rotatable bonds is 3. The number of benzene rings is 1.